The van der Waals surface area contributed by atoms with Gasteiger partial charge in [-0.25, -0.2) is 4.98 Å². The second-order valence-corrected chi connectivity index (χ2v) is 7.67. The highest BCUT2D eigenvalue weighted by Crippen LogP contribution is 2.28. The second-order valence-electron chi connectivity index (χ2n) is 6.81. The fourth-order valence-corrected chi connectivity index (χ4v) is 3.66. The van der Waals surface area contributed by atoms with E-state index in [1.165, 1.54) is 16.9 Å². The quantitative estimate of drug-likeness (QED) is 0.374. The van der Waals surface area contributed by atoms with Crippen molar-refractivity contribution in [1.29, 1.82) is 5.41 Å². The van der Waals surface area contributed by atoms with Crippen molar-refractivity contribution in [3.63, 3.8) is 0 Å². The van der Waals surface area contributed by atoms with Gasteiger partial charge in [0.2, 0.25) is 0 Å². The Hall–Kier alpha value is -3.06. The summed E-state index contributed by atoms with van der Waals surface area (Å²) >= 11 is 1.47. The maximum atomic E-state index is 8.18. The zero-order valence-corrected chi connectivity index (χ0v) is 17.9. The summed E-state index contributed by atoms with van der Waals surface area (Å²) in [6, 6.07) is 14.1. The average Bonchev–Trinajstić information content (AvgIpc) is 3.20. The summed E-state index contributed by atoms with van der Waals surface area (Å²) in [6.07, 6.45) is 0. The Morgan fingerprint density at radius 3 is 2.31 bits per heavy atom. The average molecular weight is 411 g/mol. The van der Waals surface area contributed by atoms with Gasteiger partial charge in [-0.1, -0.05) is 44.2 Å². The van der Waals surface area contributed by atoms with Crippen LogP contribution in [0, 0.1) is 5.41 Å². The smallest absolute Gasteiger partial charge is 0.195 e. The first-order chi connectivity index (χ1) is 14.0. The molecule has 29 heavy (non-hydrogen) atoms. The number of guanidine groups is 1. The Balaban J connectivity index is 1.62. The number of hydrogen-bond donors (Lipinski definition) is 3. The van der Waals surface area contributed by atoms with E-state index in [9.17, 15) is 0 Å². The fraction of sp³-hybridized carbons (Fsp3) is 0.273. The van der Waals surface area contributed by atoms with Gasteiger partial charge < -0.3 is 20.1 Å². The second kappa shape index (κ2) is 9.43. The number of benzene rings is 2. The lowest BCUT2D eigenvalue weighted by Gasteiger charge is -2.14. The first-order valence-corrected chi connectivity index (χ1v) is 10.2. The van der Waals surface area contributed by atoms with Crippen molar-refractivity contribution in [1.82, 2.24) is 10.3 Å². The highest BCUT2D eigenvalue weighted by atomic mass is 32.1. The van der Waals surface area contributed by atoms with E-state index in [1.54, 1.807) is 14.2 Å². The SMILES string of the molecule is COc1cccc(OC)c1CNC(=N)Nc1nc(-c2ccc(C(C)C)cc2)cs1. The number of ether oxygens (including phenoxy) is 2. The molecule has 0 saturated carbocycles. The summed E-state index contributed by atoms with van der Waals surface area (Å²) in [6.45, 7) is 4.76. The molecule has 0 spiro atoms. The van der Waals surface area contributed by atoms with Crippen molar-refractivity contribution in [3.05, 3.63) is 59.0 Å². The van der Waals surface area contributed by atoms with Crippen LogP contribution in [0.1, 0.15) is 30.9 Å². The molecule has 0 saturated heterocycles. The van der Waals surface area contributed by atoms with Crippen molar-refractivity contribution in [2.45, 2.75) is 26.3 Å². The minimum Gasteiger partial charge on any atom is -0.496 e. The van der Waals surface area contributed by atoms with Crippen LogP contribution in [0.2, 0.25) is 0 Å². The van der Waals surface area contributed by atoms with Crippen molar-refractivity contribution < 1.29 is 9.47 Å². The molecule has 0 amide bonds. The first-order valence-electron chi connectivity index (χ1n) is 9.37. The third kappa shape index (κ3) is 5.06. The van der Waals surface area contributed by atoms with Gasteiger partial charge in [0.1, 0.15) is 11.5 Å². The Kier molecular flexibility index (Phi) is 6.72. The fourth-order valence-electron chi connectivity index (χ4n) is 2.93. The third-order valence-corrected chi connectivity index (χ3v) is 5.34. The van der Waals surface area contributed by atoms with Gasteiger partial charge >= 0.3 is 0 Å². The molecule has 3 rings (SSSR count). The molecule has 0 aliphatic heterocycles. The van der Waals surface area contributed by atoms with E-state index in [0.29, 0.717) is 29.1 Å². The number of thiazole rings is 1. The van der Waals surface area contributed by atoms with Crippen molar-refractivity contribution in [2.24, 2.45) is 0 Å². The van der Waals surface area contributed by atoms with Gasteiger partial charge in [-0.2, -0.15) is 0 Å². The van der Waals surface area contributed by atoms with E-state index in [4.69, 9.17) is 14.9 Å². The van der Waals surface area contributed by atoms with Gasteiger partial charge in [0.15, 0.2) is 11.1 Å². The first kappa shape index (κ1) is 20.7. The molecule has 3 N–H and O–H groups in total. The number of methoxy groups -OCH3 is 2. The van der Waals surface area contributed by atoms with E-state index in [0.717, 1.165) is 16.8 Å². The highest BCUT2D eigenvalue weighted by molar-refractivity contribution is 7.14. The zero-order valence-electron chi connectivity index (χ0n) is 17.1. The molecule has 0 fully saturated rings. The standard InChI is InChI=1S/C22H26N4O2S/c1-14(2)15-8-10-16(11-9-15)18-13-29-22(25-18)26-21(23)24-12-17-19(27-3)6-5-7-20(17)28-4/h5-11,13-14H,12H2,1-4H3,(H3,23,24,25,26). The predicted molar refractivity (Wildman–Crippen MR) is 119 cm³/mol. The van der Waals surface area contributed by atoms with E-state index >= 15 is 0 Å². The van der Waals surface area contributed by atoms with E-state index in [2.05, 4.69) is 53.7 Å². The summed E-state index contributed by atoms with van der Waals surface area (Å²) in [7, 11) is 3.24. The van der Waals surface area contributed by atoms with Crippen LogP contribution in [0.4, 0.5) is 5.13 Å². The van der Waals surface area contributed by atoms with Crippen LogP contribution < -0.4 is 20.1 Å². The molecule has 0 aliphatic carbocycles. The molecule has 1 aromatic heterocycles. The normalized spacial score (nSPS) is 10.7. The number of rotatable bonds is 7. The van der Waals surface area contributed by atoms with Gasteiger partial charge in [-0.05, 0) is 23.6 Å². The Labute approximate surface area is 175 Å². The summed E-state index contributed by atoms with van der Waals surface area (Å²) in [5, 5.41) is 16.9. The summed E-state index contributed by atoms with van der Waals surface area (Å²) in [5.74, 6) is 2.09. The summed E-state index contributed by atoms with van der Waals surface area (Å²) in [4.78, 5) is 4.59. The number of nitrogens with one attached hydrogen (secondary N) is 3. The Morgan fingerprint density at radius 1 is 1.07 bits per heavy atom. The molecule has 7 heteroatoms. The highest BCUT2D eigenvalue weighted by Gasteiger charge is 2.11. The zero-order chi connectivity index (χ0) is 20.8. The Bertz CT molecular complexity index is 945. The monoisotopic (exact) mass is 410 g/mol. The lowest BCUT2D eigenvalue weighted by atomic mass is 10.0. The number of aromatic nitrogens is 1. The lowest BCUT2D eigenvalue weighted by Crippen LogP contribution is -2.29. The van der Waals surface area contributed by atoms with Crippen LogP contribution in [-0.2, 0) is 6.54 Å². The minimum atomic E-state index is 0.161. The summed E-state index contributed by atoms with van der Waals surface area (Å²) in [5.41, 5.74) is 4.12. The van der Waals surface area contributed by atoms with Crippen LogP contribution in [0.3, 0.4) is 0 Å². The van der Waals surface area contributed by atoms with Crippen LogP contribution >= 0.6 is 11.3 Å². The van der Waals surface area contributed by atoms with Gasteiger partial charge in [-0.15, -0.1) is 11.3 Å². The molecule has 1 heterocycles. The van der Waals surface area contributed by atoms with Crippen LogP contribution in [0.5, 0.6) is 11.5 Å². The van der Waals surface area contributed by atoms with Crippen molar-refractivity contribution in [3.8, 4) is 22.8 Å². The minimum absolute atomic E-state index is 0.161. The van der Waals surface area contributed by atoms with E-state index in [-0.39, 0.29) is 5.96 Å². The van der Waals surface area contributed by atoms with Gasteiger partial charge in [0.05, 0.1) is 32.0 Å². The summed E-state index contributed by atoms with van der Waals surface area (Å²) < 4.78 is 10.8. The number of hydrogen-bond acceptors (Lipinski definition) is 5. The number of anilines is 1. The lowest BCUT2D eigenvalue weighted by molar-refractivity contribution is 0.384. The van der Waals surface area contributed by atoms with Crippen LogP contribution in [-0.4, -0.2) is 25.2 Å². The molecule has 0 radical (unpaired) electrons. The molecule has 2 aromatic carbocycles. The van der Waals surface area contributed by atoms with Gasteiger partial charge in [0, 0.05) is 10.9 Å². The molecule has 0 unspecified atom stereocenters. The van der Waals surface area contributed by atoms with E-state index in [1.807, 2.05) is 23.6 Å². The number of nitrogens with zero attached hydrogens (tertiary/aromatic N) is 1. The predicted octanol–water partition coefficient (Wildman–Crippen LogP) is 5.09. The van der Waals surface area contributed by atoms with Crippen molar-refractivity contribution in [2.75, 3.05) is 19.5 Å². The molecule has 0 bridgehead atoms. The maximum Gasteiger partial charge on any atom is 0.195 e. The van der Waals surface area contributed by atoms with Crippen molar-refractivity contribution >= 4 is 22.4 Å². The third-order valence-electron chi connectivity index (χ3n) is 4.58. The molecule has 152 valence electrons. The molecule has 0 aliphatic rings. The molecule has 3 aromatic rings. The molecule has 0 atom stereocenters. The Morgan fingerprint density at radius 2 is 1.72 bits per heavy atom. The maximum absolute atomic E-state index is 8.18. The van der Waals surface area contributed by atoms with Gasteiger partial charge in [0.25, 0.3) is 0 Å². The largest absolute Gasteiger partial charge is 0.496 e. The van der Waals surface area contributed by atoms with Crippen LogP contribution in [0.15, 0.2) is 47.8 Å². The molecular weight excluding hydrogens is 384 g/mol. The van der Waals surface area contributed by atoms with E-state index < -0.39 is 0 Å². The molecular formula is C22H26N4O2S. The topological polar surface area (TPSA) is 79.3 Å². The van der Waals surface area contributed by atoms with Gasteiger partial charge in [-0.3, -0.25) is 5.41 Å². The molecule has 6 nitrogen and oxygen atoms in total. The van der Waals surface area contributed by atoms with Crippen LogP contribution in [0.25, 0.3) is 11.3 Å².